The Morgan fingerprint density at radius 3 is 2.62 bits per heavy atom. The average molecular weight is 575 g/mol. The van der Waals surface area contributed by atoms with Crippen LogP contribution in [0.25, 0.3) is 6.08 Å². The minimum atomic E-state index is -0.642. The maximum atomic E-state index is 13.8. The van der Waals surface area contributed by atoms with Gasteiger partial charge in [0.05, 0.1) is 35.6 Å². The van der Waals surface area contributed by atoms with Crippen LogP contribution in [0.15, 0.2) is 93.9 Å². The number of halogens is 1. The lowest BCUT2D eigenvalue weighted by molar-refractivity contribution is -0.139. The summed E-state index contributed by atoms with van der Waals surface area (Å²) in [5.41, 5.74) is 3.07. The fourth-order valence-corrected chi connectivity index (χ4v) is 5.84. The monoisotopic (exact) mass is 574 g/mol. The van der Waals surface area contributed by atoms with E-state index in [0.717, 1.165) is 16.7 Å². The summed E-state index contributed by atoms with van der Waals surface area (Å²) in [6.07, 6.45) is 1.82. The van der Waals surface area contributed by atoms with E-state index in [4.69, 9.17) is 25.8 Å². The lowest BCUT2D eigenvalue weighted by atomic mass is 9.96. The van der Waals surface area contributed by atoms with Gasteiger partial charge in [-0.3, -0.25) is 9.36 Å². The summed E-state index contributed by atoms with van der Waals surface area (Å²) in [5.74, 6) is 0.827. The summed E-state index contributed by atoms with van der Waals surface area (Å²) in [6, 6.07) is 21.6. The van der Waals surface area contributed by atoms with Crippen LogP contribution in [0, 0.1) is 0 Å². The normalized spacial score (nSPS) is 14.9. The number of allylic oxidation sites excluding steroid dienone is 1. The second-order valence-electron chi connectivity index (χ2n) is 9.03. The molecule has 0 amide bonds. The van der Waals surface area contributed by atoms with Crippen LogP contribution in [0.3, 0.4) is 0 Å². The fourth-order valence-electron chi connectivity index (χ4n) is 4.61. The number of nitrogens with zero attached hydrogens (tertiary/aromatic N) is 2. The van der Waals surface area contributed by atoms with E-state index in [9.17, 15) is 9.59 Å². The van der Waals surface area contributed by atoms with Gasteiger partial charge >= 0.3 is 5.97 Å². The number of aromatic nitrogens is 1. The molecule has 0 bridgehead atoms. The Morgan fingerprint density at radius 1 is 1.10 bits per heavy atom. The maximum absolute atomic E-state index is 13.8. The van der Waals surface area contributed by atoms with Crippen molar-refractivity contribution < 1.29 is 19.0 Å². The Hall–Kier alpha value is -4.14. The molecule has 0 radical (unpaired) electrons. The molecule has 0 spiro atoms. The number of ether oxygens (including phenoxy) is 3. The zero-order valence-electron chi connectivity index (χ0n) is 22.2. The first-order valence-electron chi connectivity index (χ1n) is 12.7. The molecule has 1 aliphatic rings. The van der Waals surface area contributed by atoms with Gasteiger partial charge in [-0.2, -0.15) is 0 Å². The molecule has 0 aliphatic carbocycles. The predicted molar refractivity (Wildman–Crippen MR) is 156 cm³/mol. The Morgan fingerprint density at radius 2 is 1.90 bits per heavy atom. The zero-order valence-corrected chi connectivity index (χ0v) is 23.8. The van der Waals surface area contributed by atoms with Crippen molar-refractivity contribution in [2.45, 2.75) is 26.5 Å². The van der Waals surface area contributed by atoms with E-state index in [1.54, 1.807) is 37.7 Å². The van der Waals surface area contributed by atoms with E-state index in [2.05, 4.69) is 4.99 Å². The molecule has 0 fully saturated rings. The van der Waals surface area contributed by atoms with Crippen LogP contribution in [0.1, 0.15) is 36.6 Å². The van der Waals surface area contributed by atoms with E-state index < -0.39 is 12.0 Å². The SMILES string of the molecule is CCOC(=O)C1=C(C)N=c2s/c(=C\c3ccc(OC)c(COc4cccc(Cl)c4)c3)c(=O)n2C1c1ccccc1. The summed E-state index contributed by atoms with van der Waals surface area (Å²) >= 11 is 7.36. The number of thiazole rings is 1. The van der Waals surface area contributed by atoms with E-state index in [1.807, 2.05) is 66.7 Å². The Kier molecular flexibility index (Phi) is 8.19. The van der Waals surface area contributed by atoms with Crippen molar-refractivity contribution in [2.75, 3.05) is 13.7 Å². The molecule has 1 aliphatic heterocycles. The summed E-state index contributed by atoms with van der Waals surface area (Å²) in [5, 5.41) is 0.587. The lowest BCUT2D eigenvalue weighted by Crippen LogP contribution is -2.39. The molecule has 0 saturated carbocycles. The van der Waals surface area contributed by atoms with Gasteiger partial charge in [-0.25, -0.2) is 9.79 Å². The van der Waals surface area contributed by atoms with Gasteiger partial charge in [-0.1, -0.05) is 65.4 Å². The molecule has 1 aromatic heterocycles. The third kappa shape index (κ3) is 5.59. The molecule has 7 nitrogen and oxygen atoms in total. The highest BCUT2D eigenvalue weighted by molar-refractivity contribution is 7.07. The van der Waals surface area contributed by atoms with Crippen LogP contribution in [-0.2, 0) is 16.1 Å². The van der Waals surface area contributed by atoms with Crippen molar-refractivity contribution >= 4 is 35.0 Å². The van der Waals surface area contributed by atoms with Gasteiger partial charge in [0.2, 0.25) is 0 Å². The predicted octanol–water partition coefficient (Wildman–Crippen LogP) is 5.04. The van der Waals surface area contributed by atoms with Crippen LogP contribution in [-0.4, -0.2) is 24.3 Å². The molecule has 40 heavy (non-hydrogen) atoms. The van der Waals surface area contributed by atoms with Gasteiger partial charge in [-0.15, -0.1) is 0 Å². The smallest absolute Gasteiger partial charge is 0.338 e. The number of methoxy groups -OCH3 is 1. The summed E-state index contributed by atoms with van der Waals surface area (Å²) < 4.78 is 18.9. The van der Waals surface area contributed by atoms with Gasteiger partial charge in [0, 0.05) is 10.6 Å². The van der Waals surface area contributed by atoms with Gasteiger partial charge in [0.1, 0.15) is 18.1 Å². The van der Waals surface area contributed by atoms with E-state index in [1.165, 1.54) is 11.3 Å². The molecular weight excluding hydrogens is 548 g/mol. The minimum absolute atomic E-state index is 0.225. The van der Waals surface area contributed by atoms with Crippen LogP contribution in [0.4, 0.5) is 0 Å². The second kappa shape index (κ2) is 11.9. The van der Waals surface area contributed by atoms with Crippen LogP contribution in [0.2, 0.25) is 5.02 Å². The van der Waals surface area contributed by atoms with Crippen LogP contribution in [0.5, 0.6) is 11.5 Å². The Labute approximate surface area is 240 Å². The topological polar surface area (TPSA) is 79.1 Å². The lowest BCUT2D eigenvalue weighted by Gasteiger charge is -2.24. The van der Waals surface area contributed by atoms with Crippen LogP contribution < -0.4 is 24.4 Å². The van der Waals surface area contributed by atoms with Crippen molar-refractivity contribution in [2.24, 2.45) is 4.99 Å². The first-order chi connectivity index (χ1) is 19.4. The number of hydrogen-bond acceptors (Lipinski definition) is 7. The molecule has 3 aromatic carbocycles. The minimum Gasteiger partial charge on any atom is -0.496 e. The summed E-state index contributed by atoms with van der Waals surface area (Å²) in [6.45, 7) is 4.00. The van der Waals surface area contributed by atoms with Crippen molar-refractivity contribution in [3.8, 4) is 11.5 Å². The highest BCUT2D eigenvalue weighted by Gasteiger charge is 2.33. The van der Waals surface area contributed by atoms with E-state index in [0.29, 0.717) is 37.1 Å². The van der Waals surface area contributed by atoms with Crippen molar-refractivity contribution in [1.82, 2.24) is 4.57 Å². The molecule has 0 saturated heterocycles. The number of esters is 1. The summed E-state index contributed by atoms with van der Waals surface area (Å²) in [4.78, 5) is 32.0. The molecule has 0 N–H and O–H groups in total. The largest absolute Gasteiger partial charge is 0.496 e. The first kappa shape index (κ1) is 27.4. The van der Waals surface area contributed by atoms with Crippen LogP contribution >= 0.6 is 22.9 Å². The van der Waals surface area contributed by atoms with Gasteiger partial charge < -0.3 is 14.2 Å². The zero-order chi connectivity index (χ0) is 28.2. The number of fused-ring (bicyclic) bond motifs is 1. The fraction of sp³-hybridized carbons (Fsp3) is 0.194. The van der Waals surface area contributed by atoms with Crippen molar-refractivity contribution in [3.63, 3.8) is 0 Å². The van der Waals surface area contributed by atoms with Crippen molar-refractivity contribution in [1.29, 1.82) is 0 Å². The molecule has 204 valence electrons. The molecular formula is C31H27ClN2O5S. The molecule has 5 rings (SSSR count). The van der Waals surface area contributed by atoms with Gasteiger partial charge in [0.15, 0.2) is 4.80 Å². The Balaban J connectivity index is 1.57. The number of rotatable bonds is 8. The van der Waals surface area contributed by atoms with Gasteiger partial charge in [-0.05, 0) is 61.4 Å². The molecule has 4 aromatic rings. The number of carbonyl (C=O) groups excluding carboxylic acids is 1. The number of benzene rings is 3. The molecule has 1 atom stereocenters. The molecule has 9 heteroatoms. The third-order valence-corrected chi connectivity index (χ3v) is 7.64. The first-order valence-corrected chi connectivity index (χ1v) is 13.9. The number of hydrogen-bond donors (Lipinski definition) is 0. The molecule has 2 heterocycles. The second-order valence-corrected chi connectivity index (χ2v) is 10.5. The van der Waals surface area contributed by atoms with E-state index in [-0.39, 0.29) is 18.8 Å². The van der Waals surface area contributed by atoms with Gasteiger partial charge in [0.25, 0.3) is 5.56 Å². The standard InChI is InChI=1S/C31H27ClN2O5S/c1-4-38-30(36)27-19(2)33-31-34(28(27)21-9-6-5-7-10-21)29(35)26(40-31)16-20-13-14-25(37-3)22(15-20)18-39-24-12-8-11-23(32)17-24/h5-17,28H,4,18H2,1-3H3/b26-16-. The number of carbonyl (C=O) groups is 1. The van der Waals surface area contributed by atoms with Crippen molar-refractivity contribution in [3.05, 3.63) is 125 Å². The highest BCUT2D eigenvalue weighted by atomic mass is 35.5. The average Bonchev–Trinajstić information content (AvgIpc) is 3.25. The molecule has 1 unspecified atom stereocenters. The Bertz CT molecular complexity index is 1780. The summed E-state index contributed by atoms with van der Waals surface area (Å²) in [7, 11) is 1.60. The van der Waals surface area contributed by atoms with E-state index >= 15 is 0 Å². The maximum Gasteiger partial charge on any atom is 0.338 e. The highest BCUT2D eigenvalue weighted by Crippen LogP contribution is 2.30. The quantitative estimate of drug-likeness (QED) is 0.276. The third-order valence-electron chi connectivity index (χ3n) is 6.42.